The number of ether oxygens (including phenoxy) is 1. The van der Waals surface area contributed by atoms with Gasteiger partial charge in [0, 0.05) is 18.7 Å². The van der Waals surface area contributed by atoms with E-state index in [1.54, 1.807) is 12.3 Å². The molecule has 0 radical (unpaired) electrons. The first-order chi connectivity index (χ1) is 16.2. The summed E-state index contributed by atoms with van der Waals surface area (Å²) in [6, 6.07) is 13.6. The second-order valence-corrected chi connectivity index (χ2v) is 8.84. The highest BCUT2D eigenvalue weighted by Gasteiger charge is 2.09. The molecular weight excluding hydrogens is 497 g/mol. The van der Waals surface area contributed by atoms with Crippen LogP contribution in [0, 0.1) is 13.8 Å². The molecule has 0 aliphatic carbocycles. The third-order valence-electron chi connectivity index (χ3n) is 4.91. The molecule has 0 fully saturated rings. The number of carbonyl (C=O) groups excluding carboxylic acids is 1. The molecular formula is C25H24Cl3N3O3. The lowest BCUT2D eigenvalue weighted by atomic mass is 10.1. The monoisotopic (exact) mass is 519 g/mol. The Morgan fingerprint density at radius 1 is 1.00 bits per heavy atom. The fourth-order valence-electron chi connectivity index (χ4n) is 3.27. The van der Waals surface area contributed by atoms with Crippen LogP contribution in [0.4, 0.5) is 0 Å². The minimum Gasteiger partial charge on any atom is -0.506 e. The van der Waals surface area contributed by atoms with Crippen molar-refractivity contribution in [3.63, 3.8) is 0 Å². The molecule has 6 nitrogen and oxygen atoms in total. The van der Waals surface area contributed by atoms with Gasteiger partial charge in [0.15, 0.2) is 0 Å². The van der Waals surface area contributed by atoms with Crippen LogP contribution in [-0.4, -0.2) is 30.4 Å². The topological polar surface area (TPSA) is 83.0 Å². The second-order valence-electron chi connectivity index (χ2n) is 7.62. The van der Waals surface area contributed by atoms with Crippen molar-refractivity contribution in [1.29, 1.82) is 0 Å². The number of rotatable bonds is 9. The summed E-state index contributed by atoms with van der Waals surface area (Å²) in [6.07, 6.45) is 1.56. The Morgan fingerprint density at radius 3 is 2.41 bits per heavy atom. The fraction of sp³-hybridized carbons (Fsp3) is 0.200. The van der Waals surface area contributed by atoms with E-state index in [4.69, 9.17) is 39.5 Å². The maximum absolute atomic E-state index is 12.2. The molecule has 3 aromatic rings. The summed E-state index contributed by atoms with van der Waals surface area (Å²) in [5.41, 5.74) is 6.54. The summed E-state index contributed by atoms with van der Waals surface area (Å²) in [5, 5.41) is 18.0. The number of halogens is 3. The molecule has 34 heavy (non-hydrogen) atoms. The van der Waals surface area contributed by atoms with Gasteiger partial charge in [-0.25, -0.2) is 5.43 Å². The summed E-state index contributed by atoms with van der Waals surface area (Å²) < 4.78 is 5.97. The Kier molecular flexibility index (Phi) is 9.19. The lowest BCUT2D eigenvalue weighted by Crippen LogP contribution is -2.21. The molecule has 0 spiro atoms. The molecule has 3 N–H and O–H groups in total. The molecule has 0 heterocycles. The van der Waals surface area contributed by atoms with E-state index in [1.165, 1.54) is 18.2 Å². The number of phenolic OH excluding ortho intramolecular Hbond substituents is 1. The van der Waals surface area contributed by atoms with E-state index < -0.39 is 5.91 Å². The van der Waals surface area contributed by atoms with E-state index >= 15 is 0 Å². The zero-order chi connectivity index (χ0) is 24.7. The van der Waals surface area contributed by atoms with Gasteiger partial charge in [-0.15, -0.1) is 0 Å². The van der Waals surface area contributed by atoms with Gasteiger partial charge in [0.1, 0.15) is 18.1 Å². The van der Waals surface area contributed by atoms with Crippen molar-refractivity contribution in [1.82, 2.24) is 10.7 Å². The van der Waals surface area contributed by atoms with Crippen molar-refractivity contribution in [2.75, 3.05) is 13.2 Å². The van der Waals surface area contributed by atoms with Crippen molar-refractivity contribution in [3.8, 4) is 11.5 Å². The van der Waals surface area contributed by atoms with Crippen molar-refractivity contribution < 1.29 is 14.6 Å². The Bertz CT molecular complexity index is 1190. The lowest BCUT2D eigenvalue weighted by Gasteiger charge is -2.13. The number of hydrogen-bond acceptors (Lipinski definition) is 5. The van der Waals surface area contributed by atoms with Crippen LogP contribution in [0.2, 0.25) is 15.1 Å². The standard InChI is InChI=1S/C25H24Cl3N3O3/c1-15-9-18(14-30-31-25(33)19-4-6-23(32)22(28)12-19)10-16(2)24(15)34-8-7-29-13-17-3-5-20(26)21(27)11-17/h3-6,9-12,14,29,32H,7-8,13H2,1-2H3,(H,31,33)/b30-14-. The van der Waals surface area contributed by atoms with Crippen LogP contribution in [0.25, 0.3) is 0 Å². The quantitative estimate of drug-likeness (QED) is 0.186. The predicted molar refractivity (Wildman–Crippen MR) is 138 cm³/mol. The molecule has 0 aromatic heterocycles. The summed E-state index contributed by atoms with van der Waals surface area (Å²) in [6.45, 7) is 5.74. The zero-order valence-corrected chi connectivity index (χ0v) is 20.9. The average Bonchev–Trinajstić information content (AvgIpc) is 2.79. The molecule has 0 aliphatic heterocycles. The third kappa shape index (κ3) is 7.11. The Morgan fingerprint density at radius 2 is 1.74 bits per heavy atom. The first-order valence-corrected chi connectivity index (χ1v) is 11.6. The number of carbonyl (C=O) groups is 1. The first kappa shape index (κ1) is 25.8. The van der Waals surface area contributed by atoms with Crippen molar-refractivity contribution >= 4 is 46.9 Å². The molecule has 0 bridgehead atoms. The van der Waals surface area contributed by atoms with Crippen LogP contribution in [-0.2, 0) is 6.54 Å². The van der Waals surface area contributed by atoms with E-state index in [0.717, 1.165) is 28.0 Å². The smallest absolute Gasteiger partial charge is 0.271 e. The lowest BCUT2D eigenvalue weighted by molar-refractivity contribution is 0.0955. The molecule has 0 atom stereocenters. The number of aryl methyl sites for hydroxylation is 2. The molecule has 3 rings (SSSR count). The molecule has 0 aliphatic rings. The van der Waals surface area contributed by atoms with E-state index in [9.17, 15) is 9.90 Å². The largest absolute Gasteiger partial charge is 0.506 e. The van der Waals surface area contributed by atoms with E-state index in [1.807, 2.05) is 38.1 Å². The van der Waals surface area contributed by atoms with Gasteiger partial charge in [-0.1, -0.05) is 40.9 Å². The molecule has 0 saturated heterocycles. The maximum atomic E-state index is 12.2. The molecule has 9 heteroatoms. The average molecular weight is 521 g/mol. The summed E-state index contributed by atoms with van der Waals surface area (Å²) in [5.74, 6) is 0.299. The van der Waals surface area contributed by atoms with Gasteiger partial charge in [-0.2, -0.15) is 5.10 Å². The molecule has 3 aromatic carbocycles. The third-order valence-corrected chi connectivity index (χ3v) is 5.95. The SMILES string of the molecule is Cc1cc(/C=N\NC(=O)c2ccc(O)c(Cl)c2)cc(C)c1OCCNCc1ccc(Cl)c(Cl)c1. The zero-order valence-electron chi connectivity index (χ0n) is 18.7. The van der Waals surface area contributed by atoms with Crippen molar-refractivity contribution in [2.45, 2.75) is 20.4 Å². The van der Waals surface area contributed by atoms with Gasteiger partial charge < -0.3 is 15.2 Å². The van der Waals surface area contributed by atoms with Crippen LogP contribution in [0.5, 0.6) is 11.5 Å². The maximum Gasteiger partial charge on any atom is 0.271 e. The molecule has 0 unspecified atom stereocenters. The van der Waals surface area contributed by atoms with Crippen LogP contribution in [0.3, 0.4) is 0 Å². The van der Waals surface area contributed by atoms with Gasteiger partial charge in [0.05, 0.1) is 21.3 Å². The summed E-state index contributed by atoms with van der Waals surface area (Å²) >= 11 is 17.8. The minimum atomic E-state index is -0.431. The van der Waals surface area contributed by atoms with Crippen LogP contribution < -0.4 is 15.5 Å². The van der Waals surface area contributed by atoms with Crippen molar-refractivity contribution in [2.24, 2.45) is 5.10 Å². The second kappa shape index (κ2) is 12.1. The minimum absolute atomic E-state index is 0.0859. The van der Waals surface area contributed by atoms with Gasteiger partial charge in [-0.3, -0.25) is 4.79 Å². The molecule has 1 amide bonds. The summed E-state index contributed by atoms with van der Waals surface area (Å²) in [7, 11) is 0. The Labute approximate surface area is 213 Å². The predicted octanol–water partition coefficient (Wildman–Crippen LogP) is 5.90. The number of aromatic hydroxyl groups is 1. The Hall–Kier alpha value is -2.77. The summed E-state index contributed by atoms with van der Waals surface area (Å²) in [4.78, 5) is 12.2. The van der Waals surface area contributed by atoms with Gasteiger partial charge in [0.2, 0.25) is 0 Å². The van der Waals surface area contributed by atoms with Crippen LogP contribution in [0.15, 0.2) is 53.6 Å². The van der Waals surface area contributed by atoms with Crippen molar-refractivity contribution in [3.05, 3.63) is 91.4 Å². The van der Waals surface area contributed by atoms with Gasteiger partial charge in [-0.05, 0) is 78.6 Å². The molecule has 178 valence electrons. The Balaban J connectivity index is 1.50. The van der Waals surface area contributed by atoms with Gasteiger partial charge >= 0.3 is 0 Å². The number of phenols is 1. The highest BCUT2D eigenvalue weighted by Crippen LogP contribution is 2.25. The van der Waals surface area contributed by atoms with Gasteiger partial charge in [0.25, 0.3) is 5.91 Å². The number of hydrogen-bond donors (Lipinski definition) is 3. The first-order valence-electron chi connectivity index (χ1n) is 10.4. The fourth-order valence-corrected chi connectivity index (χ4v) is 3.77. The molecule has 0 saturated carbocycles. The number of amides is 1. The van der Waals surface area contributed by atoms with E-state index in [-0.39, 0.29) is 10.8 Å². The van der Waals surface area contributed by atoms with Crippen LogP contribution in [0.1, 0.15) is 32.6 Å². The number of nitrogens with zero attached hydrogens (tertiary/aromatic N) is 1. The highest BCUT2D eigenvalue weighted by molar-refractivity contribution is 6.42. The number of hydrazone groups is 1. The highest BCUT2D eigenvalue weighted by atomic mass is 35.5. The van der Waals surface area contributed by atoms with Crippen LogP contribution >= 0.6 is 34.8 Å². The van der Waals surface area contributed by atoms with E-state index in [0.29, 0.717) is 35.3 Å². The number of benzene rings is 3. The van der Waals surface area contributed by atoms with E-state index in [2.05, 4.69) is 15.8 Å². The normalized spacial score (nSPS) is 11.1. The number of nitrogens with one attached hydrogen (secondary N) is 2.